The van der Waals surface area contributed by atoms with Crippen LogP contribution in [-0.2, 0) is 0 Å². The van der Waals surface area contributed by atoms with E-state index < -0.39 is 0 Å². The van der Waals surface area contributed by atoms with Crippen molar-refractivity contribution in [3.63, 3.8) is 0 Å². The molecule has 0 saturated carbocycles. The Kier molecular flexibility index (Phi) is 3.72. The highest BCUT2D eigenvalue weighted by Crippen LogP contribution is 2.39. The zero-order valence-corrected chi connectivity index (χ0v) is 11.2. The van der Waals surface area contributed by atoms with Crippen molar-refractivity contribution in [1.29, 1.82) is 0 Å². The topological polar surface area (TPSA) is 38.3 Å². The lowest BCUT2D eigenvalue weighted by molar-refractivity contribution is 0.143. The maximum absolute atomic E-state index is 6.07. The first-order valence-corrected chi connectivity index (χ1v) is 6.54. The molecule has 2 heterocycles. The van der Waals surface area contributed by atoms with Gasteiger partial charge in [-0.1, -0.05) is 25.4 Å². The van der Waals surface area contributed by atoms with Crippen LogP contribution in [0.2, 0.25) is 5.15 Å². The van der Waals surface area contributed by atoms with Crippen molar-refractivity contribution >= 4 is 17.4 Å². The molecule has 0 aliphatic carbocycles. The van der Waals surface area contributed by atoms with E-state index in [1.54, 1.807) is 0 Å². The first-order valence-electron chi connectivity index (χ1n) is 6.16. The summed E-state index contributed by atoms with van der Waals surface area (Å²) in [5.41, 5.74) is 0. The van der Waals surface area contributed by atoms with Gasteiger partial charge in [-0.3, -0.25) is 0 Å². The van der Waals surface area contributed by atoms with Crippen molar-refractivity contribution in [3.8, 4) is 5.75 Å². The van der Waals surface area contributed by atoms with Crippen molar-refractivity contribution in [2.75, 3.05) is 11.4 Å². The molecule has 0 spiro atoms. The Labute approximate surface area is 107 Å². The SMILES string of the molecule is CCC1Oc2c(Cl)ncnc2N(CC)C1CC. The first kappa shape index (κ1) is 12.4. The van der Waals surface area contributed by atoms with E-state index in [2.05, 4.69) is 35.6 Å². The summed E-state index contributed by atoms with van der Waals surface area (Å²) in [6, 6.07) is 0.364. The Morgan fingerprint density at radius 1 is 1.29 bits per heavy atom. The molecule has 0 saturated heterocycles. The standard InChI is InChI=1S/C12H18ClN3O/c1-4-8-9(5-2)17-10-11(13)14-7-15-12(10)16(8)6-3/h7-9H,4-6H2,1-3H3. The number of fused-ring (bicyclic) bond motifs is 1. The van der Waals surface area contributed by atoms with E-state index in [1.165, 1.54) is 6.33 Å². The number of hydrogen-bond donors (Lipinski definition) is 0. The van der Waals surface area contributed by atoms with E-state index in [9.17, 15) is 0 Å². The zero-order valence-electron chi connectivity index (χ0n) is 10.5. The van der Waals surface area contributed by atoms with Gasteiger partial charge in [0.05, 0.1) is 6.04 Å². The Bertz CT molecular complexity index is 399. The van der Waals surface area contributed by atoms with Crippen LogP contribution in [0.15, 0.2) is 6.33 Å². The number of rotatable bonds is 3. The highest BCUT2D eigenvalue weighted by molar-refractivity contribution is 6.31. The molecular weight excluding hydrogens is 238 g/mol. The number of aromatic nitrogens is 2. The van der Waals surface area contributed by atoms with Crippen LogP contribution >= 0.6 is 11.6 Å². The Balaban J connectivity index is 2.46. The van der Waals surface area contributed by atoms with Crippen molar-refractivity contribution in [2.45, 2.75) is 45.8 Å². The average molecular weight is 256 g/mol. The van der Waals surface area contributed by atoms with Crippen molar-refractivity contribution < 1.29 is 4.74 Å². The smallest absolute Gasteiger partial charge is 0.199 e. The fourth-order valence-corrected chi connectivity index (χ4v) is 2.63. The van der Waals surface area contributed by atoms with Gasteiger partial charge in [0.2, 0.25) is 0 Å². The van der Waals surface area contributed by atoms with Crippen LogP contribution < -0.4 is 9.64 Å². The molecule has 1 aliphatic heterocycles. The van der Waals surface area contributed by atoms with Crippen LogP contribution in [0.3, 0.4) is 0 Å². The summed E-state index contributed by atoms with van der Waals surface area (Å²) in [6.07, 6.45) is 3.65. The second-order valence-corrected chi connectivity index (χ2v) is 4.50. The van der Waals surface area contributed by atoms with Gasteiger partial charge < -0.3 is 9.64 Å². The Hall–Kier alpha value is -1.03. The van der Waals surface area contributed by atoms with Crippen molar-refractivity contribution in [1.82, 2.24) is 9.97 Å². The molecule has 0 amide bonds. The minimum atomic E-state index is 0.163. The molecule has 94 valence electrons. The predicted molar refractivity (Wildman–Crippen MR) is 68.8 cm³/mol. The van der Waals surface area contributed by atoms with Crippen LogP contribution in [0.1, 0.15) is 33.6 Å². The molecule has 2 atom stereocenters. The summed E-state index contributed by atoms with van der Waals surface area (Å²) in [6.45, 7) is 7.33. The first-order chi connectivity index (χ1) is 8.22. The van der Waals surface area contributed by atoms with E-state index in [1.807, 2.05) is 0 Å². The monoisotopic (exact) mass is 255 g/mol. The molecule has 0 aromatic carbocycles. The Morgan fingerprint density at radius 3 is 2.65 bits per heavy atom. The summed E-state index contributed by atoms with van der Waals surface area (Å²) in [5.74, 6) is 1.46. The van der Waals surface area contributed by atoms with Gasteiger partial charge in [-0.05, 0) is 19.8 Å². The lowest BCUT2D eigenvalue weighted by Crippen LogP contribution is -2.49. The van der Waals surface area contributed by atoms with Gasteiger partial charge in [-0.25, -0.2) is 9.97 Å². The number of nitrogens with zero attached hydrogens (tertiary/aromatic N) is 3. The molecular formula is C12H18ClN3O. The third-order valence-electron chi connectivity index (χ3n) is 3.27. The highest BCUT2D eigenvalue weighted by atomic mass is 35.5. The second kappa shape index (κ2) is 5.08. The summed E-state index contributed by atoms with van der Waals surface area (Å²) >= 11 is 6.07. The summed E-state index contributed by atoms with van der Waals surface area (Å²) in [4.78, 5) is 10.6. The highest BCUT2D eigenvalue weighted by Gasteiger charge is 2.35. The number of hydrogen-bond acceptors (Lipinski definition) is 4. The number of halogens is 1. The molecule has 1 aliphatic rings. The van der Waals surface area contributed by atoms with Crippen LogP contribution in [0.4, 0.5) is 5.82 Å². The quantitative estimate of drug-likeness (QED) is 0.779. The normalized spacial score (nSPS) is 23.2. The molecule has 5 heteroatoms. The van der Waals surface area contributed by atoms with Crippen LogP contribution in [0, 0.1) is 0 Å². The predicted octanol–water partition coefficient (Wildman–Crippen LogP) is 2.91. The summed E-state index contributed by atoms with van der Waals surface area (Å²) in [7, 11) is 0. The third-order valence-corrected chi connectivity index (χ3v) is 3.54. The molecule has 0 N–H and O–H groups in total. The molecule has 0 radical (unpaired) electrons. The number of ether oxygens (including phenoxy) is 1. The van der Waals surface area contributed by atoms with Gasteiger partial charge in [0.15, 0.2) is 16.7 Å². The van der Waals surface area contributed by atoms with E-state index in [0.29, 0.717) is 16.9 Å². The summed E-state index contributed by atoms with van der Waals surface area (Å²) in [5, 5.41) is 0.404. The van der Waals surface area contributed by atoms with E-state index >= 15 is 0 Å². The number of anilines is 1. The fourth-order valence-electron chi connectivity index (χ4n) is 2.46. The molecule has 1 aromatic heterocycles. The van der Waals surface area contributed by atoms with Gasteiger partial charge in [-0.2, -0.15) is 0 Å². The van der Waals surface area contributed by atoms with Crippen molar-refractivity contribution in [2.24, 2.45) is 0 Å². The van der Waals surface area contributed by atoms with Gasteiger partial charge >= 0.3 is 0 Å². The molecule has 0 fully saturated rings. The minimum Gasteiger partial charge on any atom is -0.481 e. The van der Waals surface area contributed by atoms with Gasteiger partial charge in [0.1, 0.15) is 12.4 Å². The third kappa shape index (κ3) is 2.06. The van der Waals surface area contributed by atoms with Gasteiger partial charge in [0, 0.05) is 6.54 Å². The zero-order chi connectivity index (χ0) is 12.4. The van der Waals surface area contributed by atoms with Crippen LogP contribution in [0.25, 0.3) is 0 Å². The second-order valence-electron chi connectivity index (χ2n) is 4.14. The molecule has 2 unspecified atom stereocenters. The molecule has 2 rings (SSSR count). The number of likely N-dealkylation sites (N-methyl/N-ethyl adjacent to an activating group) is 1. The van der Waals surface area contributed by atoms with E-state index in [0.717, 1.165) is 25.2 Å². The maximum atomic E-state index is 6.07. The van der Waals surface area contributed by atoms with Crippen LogP contribution in [-0.4, -0.2) is 28.7 Å². The largest absolute Gasteiger partial charge is 0.481 e. The van der Waals surface area contributed by atoms with E-state index in [-0.39, 0.29) is 6.10 Å². The molecule has 17 heavy (non-hydrogen) atoms. The van der Waals surface area contributed by atoms with Gasteiger partial charge in [-0.15, -0.1) is 0 Å². The van der Waals surface area contributed by atoms with Crippen LogP contribution in [0.5, 0.6) is 5.75 Å². The fraction of sp³-hybridized carbons (Fsp3) is 0.667. The molecule has 1 aromatic rings. The minimum absolute atomic E-state index is 0.163. The Morgan fingerprint density at radius 2 is 2.06 bits per heavy atom. The summed E-state index contributed by atoms with van der Waals surface area (Å²) < 4.78 is 5.95. The average Bonchev–Trinajstić information content (AvgIpc) is 2.36. The van der Waals surface area contributed by atoms with Crippen molar-refractivity contribution in [3.05, 3.63) is 11.5 Å². The molecule has 0 bridgehead atoms. The molecule has 4 nitrogen and oxygen atoms in total. The lowest BCUT2D eigenvalue weighted by Gasteiger charge is -2.41. The lowest BCUT2D eigenvalue weighted by atomic mass is 10.0. The van der Waals surface area contributed by atoms with E-state index in [4.69, 9.17) is 16.3 Å². The van der Waals surface area contributed by atoms with Gasteiger partial charge in [0.25, 0.3) is 0 Å². The maximum Gasteiger partial charge on any atom is 0.199 e.